The molecule has 0 radical (unpaired) electrons. The SMILES string of the molecule is CCc1nc2c(C)c(C)ccc2c2ccc(Cl)cc12. The molecule has 0 unspecified atom stereocenters. The van der Waals surface area contributed by atoms with Gasteiger partial charge in [-0.05, 0) is 48.9 Å². The Morgan fingerprint density at radius 2 is 1.74 bits per heavy atom. The van der Waals surface area contributed by atoms with Crippen molar-refractivity contribution in [2.45, 2.75) is 27.2 Å². The Labute approximate surface area is 118 Å². The van der Waals surface area contributed by atoms with Crippen LogP contribution in [0.15, 0.2) is 30.3 Å². The summed E-state index contributed by atoms with van der Waals surface area (Å²) in [6.45, 7) is 6.42. The number of halogens is 1. The van der Waals surface area contributed by atoms with Crippen molar-refractivity contribution in [1.29, 1.82) is 0 Å². The molecule has 1 heterocycles. The van der Waals surface area contributed by atoms with Crippen LogP contribution in [0, 0.1) is 13.8 Å². The van der Waals surface area contributed by atoms with Gasteiger partial charge < -0.3 is 0 Å². The number of rotatable bonds is 1. The largest absolute Gasteiger partial charge is 0.252 e. The van der Waals surface area contributed by atoms with Crippen molar-refractivity contribution >= 4 is 33.3 Å². The number of hydrogen-bond acceptors (Lipinski definition) is 1. The van der Waals surface area contributed by atoms with Gasteiger partial charge in [0.2, 0.25) is 0 Å². The number of hydrogen-bond donors (Lipinski definition) is 0. The molecule has 0 amide bonds. The molecule has 0 atom stereocenters. The molecule has 2 heteroatoms. The summed E-state index contributed by atoms with van der Waals surface area (Å²) in [4.78, 5) is 4.86. The second-order valence-electron chi connectivity index (χ2n) is 5.01. The van der Waals surface area contributed by atoms with E-state index in [9.17, 15) is 0 Å². The molecule has 0 aliphatic heterocycles. The van der Waals surface area contributed by atoms with Crippen LogP contribution in [0.3, 0.4) is 0 Å². The fourth-order valence-electron chi connectivity index (χ4n) is 2.62. The van der Waals surface area contributed by atoms with Crippen molar-refractivity contribution < 1.29 is 0 Å². The predicted molar refractivity (Wildman–Crippen MR) is 83.1 cm³/mol. The summed E-state index contributed by atoms with van der Waals surface area (Å²) >= 11 is 6.13. The van der Waals surface area contributed by atoms with Crippen molar-refractivity contribution in [3.8, 4) is 0 Å². The summed E-state index contributed by atoms with van der Waals surface area (Å²) < 4.78 is 0. The van der Waals surface area contributed by atoms with Gasteiger partial charge in [0, 0.05) is 21.5 Å². The first-order valence-electron chi connectivity index (χ1n) is 6.60. The molecule has 0 bridgehead atoms. The Balaban J connectivity index is 2.57. The van der Waals surface area contributed by atoms with Crippen LogP contribution in [-0.2, 0) is 6.42 Å². The molecule has 0 aliphatic rings. The predicted octanol–water partition coefficient (Wildman–Crippen LogP) is 5.22. The topological polar surface area (TPSA) is 12.9 Å². The average Bonchev–Trinajstić information content (AvgIpc) is 2.41. The first kappa shape index (κ1) is 12.4. The zero-order valence-electron chi connectivity index (χ0n) is 11.4. The van der Waals surface area contributed by atoms with Crippen molar-refractivity contribution in [2.24, 2.45) is 0 Å². The van der Waals surface area contributed by atoms with Crippen molar-refractivity contribution in [3.63, 3.8) is 0 Å². The number of aromatic nitrogens is 1. The molecular weight excluding hydrogens is 254 g/mol. The number of fused-ring (bicyclic) bond motifs is 3. The van der Waals surface area contributed by atoms with Crippen LogP contribution in [0.25, 0.3) is 21.7 Å². The fourth-order valence-corrected chi connectivity index (χ4v) is 2.79. The van der Waals surface area contributed by atoms with Crippen LogP contribution < -0.4 is 0 Å². The molecule has 3 aromatic rings. The Hall–Kier alpha value is -1.60. The highest BCUT2D eigenvalue weighted by molar-refractivity contribution is 6.31. The lowest BCUT2D eigenvalue weighted by molar-refractivity contribution is 1.07. The lowest BCUT2D eigenvalue weighted by Crippen LogP contribution is -1.95. The normalized spacial score (nSPS) is 11.4. The van der Waals surface area contributed by atoms with E-state index in [1.54, 1.807) is 0 Å². The minimum atomic E-state index is 0.771. The number of pyridine rings is 1. The zero-order chi connectivity index (χ0) is 13.6. The molecule has 0 N–H and O–H groups in total. The highest BCUT2D eigenvalue weighted by atomic mass is 35.5. The summed E-state index contributed by atoms with van der Waals surface area (Å²) in [5.41, 5.74) is 4.80. The van der Waals surface area contributed by atoms with E-state index in [0.29, 0.717) is 0 Å². The van der Waals surface area contributed by atoms with Gasteiger partial charge in [-0.2, -0.15) is 0 Å². The van der Waals surface area contributed by atoms with Gasteiger partial charge >= 0.3 is 0 Å². The van der Waals surface area contributed by atoms with Gasteiger partial charge in [-0.1, -0.05) is 36.7 Å². The van der Waals surface area contributed by atoms with Gasteiger partial charge in [0.1, 0.15) is 0 Å². The minimum absolute atomic E-state index is 0.771. The Morgan fingerprint density at radius 3 is 2.47 bits per heavy atom. The quantitative estimate of drug-likeness (QED) is 0.552. The lowest BCUT2D eigenvalue weighted by Gasteiger charge is -2.12. The first-order chi connectivity index (χ1) is 9.11. The van der Waals surface area contributed by atoms with E-state index in [0.717, 1.165) is 22.7 Å². The van der Waals surface area contributed by atoms with Crippen molar-refractivity contribution in [3.05, 3.63) is 52.2 Å². The summed E-state index contributed by atoms with van der Waals surface area (Å²) in [5, 5.41) is 4.40. The molecule has 3 rings (SSSR count). The van der Waals surface area contributed by atoms with Gasteiger partial charge in [-0.3, -0.25) is 4.98 Å². The van der Waals surface area contributed by atoms with Crippen LogP contribution in [-0.4, -0.2) is 4.98 Å². The van der Waals surface area contributed by atoms with E-state index in [1.807, 2.05) is 12.1 Å². The first-order valence-corrected chi connectivity index (χ1v) is 6.97. The number of nitrogens with zero attached hydrogens (tertiary/aromatic N) is 1. The molecule has 0 fully saturated rings. The molecule has 0 saturated heterocycles. The van der Waals surface area contributed by atoms with Crippen LogP contribution >= 0.6 is 11.6 Å². The second-order valence-corrected chi connectivity index (χ2v) is 5.44. The summed E-state index contributed by atoms with van der Waals surface area (Å²) in [5.74, 6) is 0. The molecule has 1 aromatic heterocycles. The Morgan fingerprint density at radius 1 is 1.00 bits per heavy atom. The molecule has 1 nitrogen and oxygen atoms in total. The van der Waals surface area contributed by atoms with Gasteiger partial charge in [-0.15, -0.1) is 0 Å². The number of benzene rings is 2. The van der Waals surface area contributed by atoms with Crippen LogP contribution in [0.4, 0.5) is 0 Å². The maximum absolute atomic E-state index is 6.13. The minimum Gasteiger partial charge on any atom is -0.252 e. The van der Waals surface area contributed by atoms with E-state index in [4.69, 9.17) is 16.6 Å². The summed E-state index contributed by atoms with van der Waals surface area (Å²) in [6.07, 6.45) is 0.917. The summed E-state index contributed by atoms with van der Waals surface area (Å²) in [6, 6.07) is 10.4. The van der Waals surface area contributed by atoms with Gasteiger partial charge in [-0.25, -0.2) is 0 Å². The van der Waals surface area contributed by atoms with Crippen molar-refractivity contribution in [2.75, 3.05) is 0 Å². The van der Waals surface area contributed by atoms with E-state index in [1.165, 1.54) is 27.3 Å². The third-order valence-corrected chi connectivity index (χ3v) is 4.10. The number of aryl methyl sites for hydroxylation is 3. The fraction of sp³-hybridized carbons (Fsp3) is 0.235. The Bertz CT molecular complexity index is 790. The van der Waals surface area contributed by atoms with E-state index < -0.39 is 0 Å². The molecule has 96 valence electrons. The van der Waals surface area contributed by atoms with Crippen LogP contribution in [0.5, 0.6) is 0 Å². The second kappa shape index (κ2) is 4.50. The lowest BCUT2D eigenvalue weighted by atomic mass is 9.98. The van der Waals surface area contributed by atoms with Gasteiger partial charge in [0.05, 0.1) is 5.52 Å². The maximum atomic E-state index is 6.13. The maximum Gasteiger partial charge on any atom is 0.0743 e. The van der Waals surface area contributed by atoms with Crippen LogP contribution in [0.1, 0.15) is 23.7 Å². The highest BCUT2D eigenvalue weighted by Crippen LogP contribution is 2.31. The molecule has 19 heavy (non-hydrogen) atoms. The third kappa shape index (κ3) is 1.89. The standard InChI is InChI=1S/C17H16ClN/c1-4-16-15-9-12(18)6-8-13(15)14-7-5-10(2)11(3)17(14)19-16/h5-9H,4H2,1-3H3. The molecular formula is C17H16ClN. The molecule has 0 saturated carbocycles. The van der Waals surface area contributed by atoms with Crippen LogP contribution in [0.2, 0.25) is 5.02 Å². The van der Waals surface area contributed by atoms with E-state index in [2.05, 4.69) is 39.0 Å². The average molecular weight is 270 g/mol. The van der Waals surface area contributed by atoms with Crippen molar-refractivity contribution in [1.82, 2.24) is 4.98 Å². The van der Waals surface area contributed by atoms with E-state index in [-0.39, 0.29) is 0 Å². The third-order valence-electron chi connectivity index (χ3n) is 3.87. The summed E-state index contributed by atoms with van der Waals surface area (Å²) in [7, 11) is 0. The smallest absolute Gasteiger partial charge is 0.0743 e. The van der Waals surface area contributed by atoms with Gasteiger partial charge in [0.25, 0.3) is 0 Å². The monoisotopic (exact) mass is 269 g/mol. The molecule has 0 aliphatic carbocycles. The van der Waals surface area contributed by atoms with E-state index >= 15 is 0 Å². The molecule has 0 spiro atoms. The van der Waals surface area contributed by atoms with Gasteiger partial charge in [0.15, 0.2) is 0 Å². The Kier molecular flexibility index (Phi) is 2.94. The highest BCUT2D eigenvalue weighted by Gasteiger charge is 2.10. The molecule has 2 aromatic carbocycles. The zero-order valence-corrected chi connectivity index (χ0v) is 12.2.